The van der Waals surface area contributed by atoms with Gasteiger partial charge in [0, 0.05) is 24.1 Å². The summed E-state index contributed by atoms with van der Waals surface area (Å²) in [7, 11) is 0. The summed E-state index contributed by atoms with van der Waals surface area (Å²) in [6.45, 7) is 6.23. The van der Waals surface area contributed by atoms with E-state index < -0.39 is 6.10 Å². The van der Waals surface area contributed by atoms with E-state index in [9.17, 15) is 4.79 Å². The zero-order valence-electron chi connectivity index (χ0n) is 11.2. The average molecular weight is 327 g/mol. The number of carbonyl (C=O) groups is 1. The number of nitrogens with two attached hydrogens (primary N) is 1. The summed E-state index contributed by atoms with van der Waals surface area (Å²) in [6.07, 6.45) is -0.469. The number of hydrogen-bond donors (Lipinski definition) is 1. The fourth-order valence-electron chi connectivity index (χ4n) is 2.39. The van der Waals surface area contributed by atoms with E-state index in [1.165, 1.54) is 11.1 Å². The van der Waals surface area contributed by atoms with Crippen LogP contribution in [0.3, 0.4) is 0 Å². The molecule has 0 spiro atoms. The van der Waals surface area contributed by atoms with Crippen LogP contribution in [-0.2, 0) is 16.1 Å². The third-order valence-electron chi connectivity index (χ3n) is 3.28. The first kappa shape index (κ1) is 14.5. The van der Waals surface area contributed by atoms with Crippen molar-refractivity contribution >= 4 is 21.8 Å². The first-order valence-electron chi connectivity index (χ1n) is 6.38. The normalized spacial score (nSPS) is 24.4. The molecular formula is C14H19BrN2O2. The van der Waals surface area contributed by atoms with Gasteiger partial charge in [-0.2, -0.15) is 0 Å². The van der Waals surface area contributed by atoms with Crippen LogP contribution in [0.5, 0.6) is 0 Å². The number of nitrogens with zero attached hydrogens (tertiary/aromatic N) is 1. The molecule has 0 bridgehead atoms. The molecule has 2 N–H and O–H groups in total. The molecule has 1 aliphatic rings. The molecule has 1 aliphatic heterocycles. The highest BCUT2D eigenvalue weighted by molar-refractivity contribution is 9.10. The number of benzene rings is 1. The van der Waals surface area contributed by atoms with E-state index >= 15 is 0 Å². The van der Waals surface area contributed by atoms with Crippen LogP contribution in [0.25, 0.3) is 0 Å². The van der Waals surface area contributed by atoms with Gasteiger partial charge in [0.15, 0.2) is 0 Å². The number of morpholine rings is 1. The van der Waals surface area contributed by atoms with Crippen molar-refractivity contribution in [3.63, 3.8) is 0 Å². The predicted molar refractivity (Wildman–Crippen MR) is 77.7 cm³/mol. The summed E-state index contributed by atoms with van der Waals surface area (Å²) in [5.74, 6) is -0.386. The van der Waals surface area contributed by atoms with Crippen LogP contribution in [0, 0.1) is 6.92 Å². The number of primary amides is 1. The summed E-state index contributed by atoms with van der Waals surface area (Å²) < 4.78 is 6.65. The summed E-state index contributed by atoms with van der Waals surface area (Å²) in [5.41, 5.74) is 7.78. The van der Waals surface area contributed by atoms with Gasteiger partial charge in [0.1, 0.15) is 6.10 Å². The number of halogens is 1. The van der Waals surface area contributed by atoms with Gasteiger partial charge >= 0.3 is 0 Å². The van der Waals surface area contributed by atoms with Crippen molar-refractivity contribution in [1.82, 2.24) is 4.90 Å². The summed E-state index contributed by atoms with van der Waals surface area (Å²) in [5, 5.41) is 0. The van der Waals surface area contributed by atoms with Crippen molar-refractivity contribution in [2.45, 2.75) is 32.6 Å². The van der Waals surface area contributed by atoms with Crippen LogP contribution < -0.4 is 5.73 Å². The van der Waals surface area contributed by atoms with Crippen molar-refractivity contribution in [3.8, 4) is 0 Å². The van der Waals surface area contributed by atoms with Crippen molar-refractivity contribution < 1.29 is 9.53 Å². The summed E-state index contributed by atoms with van der Waals surface area (Å²) >= 11 is 3.50. The number of aryl methyl sites for hydroxylation is 1. The van der Waals surface area contributed by atoms with Gasteiger partial charge in [-0.25, -0.2) is 0 Å². The number of ether oxygens (including phenoxy) is 1. The minimum Gasteiger partial charge on any atom is -0.367 e. The maximum Gasteiger partial charge on any atom is 0.247 e. The lowest BCUT2D eigenvalue weighted by Crippen LogP contribution is -2.51. The molecule has 0 radical (unpaired) electrons. The Morgan fingerprint density at radius 3 is 2.89 bits per heavy atom. The molecular weight excluding hydrogens is 308 g/mol. The SMILES string of the molecule is Cc1cc(CN2C[C@@H](C)O[C@H](C(N)=O)C2)ccc1Br. The largest absolute Gasteiger partial charge is 0.367 e. The second-order valence-electron chi connectivity index (χ2n) is 5.12. The Morgan fingerprint density at radius 1 is 1.53 bits per heavy atom. The highest BCUT2D eigenvalue weighted by Gasteiger charge is 2.28. The van der Waals surface area contributed by atoms with Gasteiger partial charge in [-0.3, -0.25) is 9.69 Å². The second kappa shape index (κ2) is 6.03. The minimum absolute atomic E-state index is 0.0304. The summed E-state index contributed by atoms with van der Waals surface area (Å²) in [6, 6.07) is 6.31. The second-order valence-corrected chi connectivity index (χ2v) is 5.97. The molecule has 2 atom stereocenters. The lowest BCUT2D eigenvalue weighted by atomic mass is 10.1. The maximum absolute atomic E-state index is 11.3. The van der Waals surface area contributed by atoms with Gasteiger partial charge < -0.3 is 10.5 Å². The molecule has 4 nitrogen and oxygen atoms in total. The van der Waals surface area contributed by atoms with E-state index in [2.05, 4.69) is 46.0 Å². The third kappa shape index (κ3) is 3.78. The van der Waals surface area contributed by atoms with Crippen molar-refractivity contribution in [1.29, 1.82) is 0 Å². The van der Waals surface area contributed by atoms with Gasteiger partial charge in [-0.05, 0) is 31.0 Å². The Balaban J connectivity index is 2.05. The average Bonchev–Trinajstić information content (AvgIpc) is 2.33. The molecule has 19 heavy (non-hydrogen) atoms. The Bertz CT molecular complexity index is 479. The van der Waals surface area contributed by atoms with Crippen LogP contribution in [0.4, 0.5) is 0 Å². The highest BCUT2D eigenvalue weighted by Crippen LogP contribution is 2.20. The molecule has 0 aromatic heterocycles. The third-order valence-corrected chi connectivity index (χ3v) is 4.17. The Hall–Kier alpha value is -0.910. The van der Waals surface area contributed by atoms with Gasteiger partial charge in [-0.15, -0.1) is 0 Å². The van der Waals surface area contributed by atoms with E-state index in [4.69, 9.17) is 10.5 Å². The quantitative estimate of drug-likeness (QED) is 0.922. The lowest BCUT2D eigenvalue weighted by Gasteiger charge is -2.35. The molecule has 0 saturated carbocycles. The van der Waals surface area contributed by atoms with E-state index in [0.717, 1.165) is 17.6 Å². The number of rotatable bonds is 3. The van der Waals surface area contributed by atoms with Crippen molar-refractivity contribution in [2.75, 3.05) is 13.1 Å². The van der Waals surface area contributed by atoms with Crippen LogP contribution in [0.2, 0.25) is 0 Å². The maximum atomic E-state index is 11.3. The fraction of sp³-hybridized carbons (Fsp3) is 0.500. The van der Waals surface area contributed by atoms with Gasteiger partial charge in [0.2, 0.25) is 5.91 Å². The molecule has 0 aliphatic carbocycles. The first-order valence-corrected chi connectivity index (χ1v) is 7.17. The lowest BCUT2D eigenvalue weighted by molar-refractivity contribution is -0.142. The van der Waals surface area contributed by atoms with Crippen molar-refractivity contribution in [2.24, 2.45) is 5.73 Å². The van der Waals surface area contributed by atoms with Gasteiger partial charge in [0.25, 0.3) is 0 Å². The molecule has 1 fully saturated rings. The van der Waals surface area contributed by atoms with E-state index in [1.807, 2.05) is 6.92 Å². The smallest absolute Gasteiger partial charge is 0.247 e. The number of hydrogen-bond acceptors (Lipinski definition) is 3. The predicted octanol–water partition coefficient (Wildman–Crippen LogP) is 1.83. The number of amides is 1. The molecule has 1 aromatic carbocycles. The fourth-order valence-corrected chi connectivity index (χ4v) is 2.64. The highest BCUT2D eigenvalue weighted by atomic mass is 79.9. The Kier molecular flexibility index (Phi) is 4.60. The van der Waals surface area contributed by atoms with Gasteiger partial charge in [0.05, 0.1) is 6.10 Å². The molecule has 0 unspecified atom stereocenters. The van der Waals surface area contributed by atoms with Crippen LogP contribution in [0.15, 0.2) is 22.7 Å². The molecule has 5 heteroatoms. The first-order chi connectivity index (χ1) is 8.95. The van der Waals surface area contributed by atoms with Crippen LogP contribution in [0.1, 0.15) is 18.1 Å². The minimum atomic E-state index is -0.500. The van der Waals surface area contributed by atoms with Crippen molar-refractivity contribution in [3.05, 3.63) is 33.8 Å². The monoisotopic (exact) mass is 326 g/mol. The molecule has 1 saturated heterocycles. The molecule has 2 rings (SSSR count). The van der Waals surface area contributed by atoms with Gasteiger partial charge in [-0.1, -0.05) is 28.1 Å². The molecule has 1 heterocycles. The standard InChI is InChI=1S/C14H19BrN2O2/c1-9-5-11(3-4-12(9)15)7-17-6-10(2)19-13(8-17)14(16)18/h3-5,10,13H,6-8H2,1-2H3,(H2,16,18)/t10-,13+/m1/s1. The van der Waals surface area contributed by atoms with E-state index in [-0.39, 0.29) is 12.0 Å². The van der Waals surface area contributed by atoms with E-state index in [1.54, 1.807) is 0 Å². The summed E-state index contributed by atoms with van der Waals surface area (Å²) in [4.78, 5) is 13.5. The Labute approximate surface area is 122 Å². The van der Waals surface area contributed by atoms with Crippen LogP contribution >= 0.6 is 15.9 Å². The zero-order valence-corrected chi connectivity index (χ0v) is 12.8. The molecule has 1 aromatic rings. The van der Waals surface area contributed by atoms with Crippen LogP contribution in [-0.4, -0.2) is 36.1 Å². The molecule has 1 amide bonds. The zero-order chi connectivity index (χ0) is 14.0. The van der Waals surface area contributed by atoms with E-state index in [0.29, 0.717) is 6.54 Å². The number of carbonyl (C=O) groups excluding carboxylic acids is 1. The topological polar surface area (TPSA) is 55.6 Å². The Morgan fingerprint density at radius 2 is 2.26 bits per heavy atom. The molecule has 104 valence electrons.